The number of hydrogen-bond acceptors (Lipinski definition) is 3. The standard InChI is InChI=1S/C14H19NO3/c1-3-14(9-15-8-12(14)13(16)17)10-4-6-11(18-2)7-5-10/h4-7,12,15H,3,8-9H2,1-2H3,(H,16,17). The summed E-state index contributed by atoms with van der Waals surface area (Å²) in [5.74, 6) is -0.295. The van der Waals surface area contributed by atoms with Gasteiger partial charge in [-0.1, -0.05) is 19.1 Å². The summed E-state index contributed by atoms with van der Waals surface area (Å²) in [4.78, 5) is 11.4. The maximum Gasteiger partial charge on any atom is 0.308 e. The minimum Gasteiger partial charge on any atom is -0.497 e. The molecule has 4 heteroatoms. The van der Waals surface area contributed by atoms with E-state index < -0.39 is 5.97 Å². The Balaban J connectivity index is 2.39. The molecule has 1 aliphatic rings. The molecule has 0 saturated carbocycles. The van der Waals surface area contributed by atoms with Crippen molar-refractivity contribution in [1.29, 1.82) is 0 Å². The van der Waals surface area contributed by atoms with Gasteiger partial charge in [-0.3, -0.25) is 4.79 Å². The molecule has 98 valence electrons. The van der Waals surface area contributed by atoms with Crippen molar-refractivity contribution in [2.45, 2.75) is 18.8 Å². The average molecular weight is 249 g/mol. The average Bonchev–Trinajstić information content (AvgIpc) is 2.84. The van der Waals surface area contributed by atoms with Crippen molar-refractivity contribution in [1.82, 2.24) is 5.32 Å². The number of benzene rings is 1. The van der Waals surface area contributed by atoms with Gasteiger partial charge in [0.05, 0.1) is 13.0 Å². The minimum atomic E-state index is -0.724. The number of rotatable bonds is 4. The van der Waals surface area contributed by atoms with Crippen molar-refractivity contribution in [3.05, 3.63) is 29.8 Å². The van der Waals surface area contributed by atoms with E-state index in [1.54, 1.807) is 7.11 Å². The van der Waals surface area contributed by atoms with Crippen LogP contribution in [0.2, 0.25) is 0 Å². The number of hydrogen-bond donors (Lipinski definition) is 2. The summed E-state index contributed by atoms with van der Waals surface area (Å²) in [6.07, 6.45) is 0.809. The molecule has 0 bridgehead atoms. The molecular weight excluding hydrogens is 230 g/mol. The third-order valence-corrected chi connectivity index (χ3v) is 4.05. The molecule has 0 amide bonds. The van der Waals surface area contributed by atoms with E-state index in [1.165, 1.54) is 0 Å². The number of methoxy groups -OCH3 is 1. The predicted octanol–water partition coefficient (Wildman–Crippen LogP) is 1.65. The van der Waals surface area contributed by atoms with Crippen LogP contribution < -0.4 is 10.1 Å². The lowest BCUT2D eigenvalue weighted by molar-refractivity contribution is -0.143. The van der Waals surface area contributed by atoms with Crippen LogP contribution in [0.1, 0.15) is 18.9 Å². The first-order valence-electron chi connectivity index (χ1n) is 6.22. The van der Waals surface area contributed by atoms with Gasteiger partial charge in [-0.2, -0.15) is 0 Å². The van der Waals surface area contributed by atoms with Gasteiger partial charge in [0.25, 0.3) is 0 Å². The molecule has 0 radical (unpaired) electrons. The zero-order valence-corrected chi connectivity index (χ0v) is 10.8. The van der Waals surface area contributed by atoms with Crippen LogP contribution in [0.15, 0.2) is 24.3 Å². The highest BCUT2D eigenvalue weighted by molar-refractivity contribution is 5.73. The molecule has 18 heavy (non-hydrogen) atoms. The third kappa shape index (κ3) is 1.97. The summed E-state index contributed by atoms with van der Waals surface area (Å²) in [6, 6.07) is 7.74. The van der Waals surface area contributed by atoms with Crippen molar-refractivity contribution < 1.29 is 14.6 Å². The van der Waals surface area contributed by atoms with Crippen LogP contribution in [0.3, 0.4) is 0 Å². The van der Waals surface area contributed by atoms with E-state index in [2.05, 4.69) is 5.32 Å². The van der Waals surface area contributed by atoms with Gasteiger partial charge >= 0.3 is 5.97 Å². The predicted molar refractivity (Wildman–Crippen MR) is 69.0 cm³/mol. The summed E-state index contributed by atoms with van der Waals surface area (Å²) >= 11 is 0. The Hall–Kier alpha value is -1.55. The molecule has 1 aromatic rings. The van der Waals surface area contributed by atoms with Crippen LogP contribution in [0.5, 0.6) is 5.75 Å². The van der Waals surface area contributed by atoms with E-state index in [1.807, 2.05) is 31.2 Å². The van der Waals surface area contributed by atoms with Gasteiger partial charge in [-0.15, -0.1) is 0 Å². The fraction of sp³-hybridized carbons (Fsp3) is 0.500. The molecule has 0 aliphatic carbocycles. The van der Waals surface area contributed by atoms with Crippen LogP contribution >= 0.6 is 0 Å². The van der Waals surface area contributed by atoms with Crippen molar-refractivity contribution >= 4 is 5.97 Å². The summed E-state index contributed by atoms with van der Waals surface area (Å²) in [6.45, 7) is 3.30. The molecule has 1 fully saturated rings. The van der Waals surface area contributed by atoms with Gasteiger partial charge in [0.2, 0.25) is 0 Å². The van der Waals surface area contributed by atoms with Crippen molar-refractivity contribution in [2.24, 2.45) is 5.92 Å². The Morgan fingerprint density at radius 1 is 1.50 bits per heavy atom. The van der Waals surface area contributed by atoms with E-state index in [0.29, 0.717) is 13.1 Å². The summed E-state index contributed by atoms with van der Waals surface area (Å²) in [5.41, 5.74) is 0.765. The first-order chi connectivity index (χ1) is 8.64. The summed E-state index contributed by atoms with van der Waals surface area (Å²) in [7, 11) is 1.63. The molecule has 2 atom stereocenters. The second-order valence-electron chi connectivity index (χ2n) is 4.76. The minimum absolute atomic E-state index is 0.307. The van der Waals surface area contributed by atoms with Crippen LogP contribution in [0.4, 0.5) is 0 Å². The second kappa shape index (κ2) is 4.98. The van der Waals surface area contributed by atoms with E-state index in [9.17, 15) is 9.90 Å². The van der Waals surface area contributed by atoms with Crippen molar-refractivity contribution in [3.63, 3.8) is 0 Å². The number of carboxylic acid groups (broad SMARTS) is 1. The zero-order valence-electron chi connectivity index (χ0n) is 10.8. The van der Waals surface area contributed by atoms with E-state index in [-0.39, 0.29) is 11.3 Å². The van der Waals surface area contributed by atoms with Gasteiger partial charge in [-0.25, -0.2) is 0 Å². The number of nitrogens with one attached hydrogen (secondary N) is 1. The quantitative estimate of drug-likeness (QED) is 0.852. The Morgan fingerprint density at radius 2 is 2.17 bits per heavy atom. The molecule has 4 nitrogen and oxygen atoms in total. The molecule has 1 saturated heterocycles. The SMILES string of the molecule is CCC1(c2ccc(OC)cc2)CNCC1C(=O)O. The lowest BCUT2D eigenvalue weighted by Gasteiger charge is -2.32. The first-order valence-corrected chi connectivity index (χ1v) is 6.22. The largest absolute Gasteiger partial charge is 0.497 e. The van der Waals surface area contributed by atoms with Gasteiger partial charge in [0.15, 0.2) is 0 Å². The summed E-state index contributed by atoms with van der Waals surface area (Å²) < 4.78 is 5.14. The van der Waals surface area contributed by atoms with E-state index in [4.69, 9.17) is 4.74 Å². The highest BCUT2D eigenvalue weighted by Crippen LogP contribution is 2.39. The number of ether oxygens (including phenoxy) is 1. The fourth-order valence-corrected chi connectivity index (χ4v) is 2.88. The molecule has 2 unspecified atom stereocenters. The second-order valence-corrected chi connectivity index (χ2v) is 4.76. The smallest absolute Gasteiger partial charge is 0.308 e. The molecule has 1 heterocycles. The molecule has 0 spiro atoms. The van der Waals surface area contributed by atoms with E-state index in [0.717, 1.165) is 17.7 Å². The van der Waals surface area contributed by atoms with Crippen LogP contribution in [-0.2, 0) is 10.2 Å². The Kier molecular flexibility index (Phi) is 3.57. The summed E-state index contributed by atoms with van der Waals surface area (Å²) in [5, 5.41) is 12.6. The Labute approximate surface area is 107 Å². The first kappa shape index (κ1) is 12.9. The fourth-order valence-electron chi connectivity index (χ4n) is 2.88. The maximum atomic E-state index is 11.4. The maximum absolute atomic E-state index is 11.4. The monoisotopic (exact) mass is 249 g/mol. The Morgan fingerprint density at radius 3 is 2.67 bits per heavy atom. The Bertz CT molecular complexity index is 429. The van der Waals surface area contributed by atoms with Gasteiger partial charge in [0, 0.05) is 18.5 Å². The lowest BCUT2D eigenvalue weighted by atomic mass is 9.70. The number of carboxylic acids is 1. The van der Waals surface area contributed by atoms with Crippen LogP contribution in [0.25, 0.3) is 0 Å². The topological polar surface area (TPSA) is 58.6 Å². The third-order valence-electron chi connectivity index (χ3n) is 4.05. The van der Waals surface area contributed by atoms with Crippen LogP contribution in [0, 0.1) is 5.92 Å². The van der Waals surface area contributed by atoms with E-state index >= 15 is 0 Å². The van der Waals surface area contributed by atoms with Crippen molar-refractivity contribution in [3.8, 4) is 5.75 Å². The molecule has 1 aromatic carbocycles. The number of aliphatic carboxylic acids is 1. The normalized spacial score (nSPS) is 27.1. The molecule has 0 aromatic heterocycles. The van der Waals surface area contributed by atoms with Gasteiger partial charge in [0.1, 0.15) is 5.75 Å². The molecule has 2 rings (SSSR count). The molecular formula is C14H19NO3. The lowest BCUT2D eigenvalue weighted by Crippen LogP contribution is -2.38. The highest BCUT2D eigenvalue weighted by atomic mass is 16.5. The molecule has 1 aliphatic heterocycles. The molecule has 2 N–H and O–H groups in total. The zero-order chi connectivity index (χ0) is 13.2. The van der Waals surface area contributed by atoms with Gasteiger partial charge < -0.3 is 15.2 Å². The number of carbonyl (C=O) groups is 1. The highest BCUT2D eigenvalue weighted by Gasteiger charge is 2.46. The van der Waals surface area contributed by atoms with Gasteiger partial charge in [-0.05, 0) is 24.1 Å². The van der Waals surface area contributed by atoms with Crippen LogP contribution in [-0.4, -0.2) is 31.3 Å². The van der Waals surface area contributed by atoms with Crippen molar-refractivity contribution in [2.75, 3.05) is 20.2 Å².